The third kappa shape index (κ3) is 5.59. The third-order valence-electron chi connectivity index (χ3n) is 7.62. The Morgan fingerprint density at radius 3 is 2.54 bits per heavy atom. The summed E-state index contributed by atoms with van der Waals surface area (Å²) < 4.78 is 25.9. The van der Waals surface area contributed by atoms with Crippen LogP contribution in [0.4, 0.5) is 10.3 Å². The number of amides is 1. The molecule has 3 fully saturated rings. The number of piperidine rings is 2. The van der Waals surface area contributed by atoms with Gasteiger partial charge in [-0.3, -0.25) is 19.5 Å². The molecule has 0 radical (unpaired) electrons. The standard InChI is InChI=1S/C25H34FN5O4/c1-16(32)30-6-4-18(5-7-30)13-35-20-10-21(26)23-22(11-20)28-25(29-24(23)33)27-12-17-2-8-31(9-3-17)19-14-34-15-19/h10-11,17-19H,2-9,12-15H2,1H3,(H2,27,28,29,33). The number of carbonyl (C=O) groups is 1. The molecule has 35 heavy (non-hydrogen) atoms. The smallest absolute Gasteiger partial charge is 0.263 e. The summed E-state index contributed by atoms with van der Waals surface area (Å²) in [4.78, 5) is 35.5. The number of benzene rings is 1. The molecule has 10 heteroatoms. The van der Waals surface area contributed by atoms with E-state index in [9.17, 15) is 14.0 Å². The first-order chi connectivity index (χ1) is 17.0. The highest BCUT2D eigenvalue weighted by molar-refractivity contribution is 5.80. The minimum atomic E-state index is -0.642. The molecule has 3 aliphatic heterocycles. The van der Waals surface area contributed by atoms with Crippen molar-refractivity contribution in [2.45, 2.75) is 38.6 Å². The molecule has 0 aliphatic carbocycles. The van der Waals surface area contributed by atoms with Crippen LogP contribution in [0, 0.1) is 17.7 Å². The molecule has 9 nitrogen and oxygen atoms in total. The SMILES string of the molecule is CC(=O)N1CCC(COc2cc(F)c3c(=O)[nH]c(NCC4CCN(C5COC5)CC4)nc3c2)CC1. The zero-order chi connectivity index (χ0) is 24.4. The van der Waals surface area contributed by atoms with Crippen LogP contribution in [0.5, 0.6) is 5.75 Å². The van der Waals surface area contributed by atoms with Crippen LogP contribution in [-0.2, 0) is 9.53 Å². The number of hydrogen-bond donors (Lipinski definition) is 2. The highest BCUT2D eigenvalue weighted by Crippen LogP contribution is 2.25. The molecule has 3 saturated heterocycles. The summed E-state index contributed by atoms with van der Waals surface area (Å²) in [5.74, 6) is 0.962. The quantitative estimate of drug-likeness (QED) is 0.618. The predicted octanol–water partition coefficient (Wildman–Crippen LogP) is 2.22. The van der Waals surface area contributed by atoms with Crippen molar-refractivity contribution in [3.05, 3.63) is 28.3 Å². The van der Waals surface area contributed by atoms with Crippen LogP contribution < -0.4 is 15.6 Å². The van der Waals surface area contributed by atoms with Crippen molar-refractivity contribution in [2.75, 3.05) is 57.9 Å². The molecular weight excluding hydrogens is 453 g/mol. The Morgan fingerprint density at radius 2 is 1.89 bits per heavy atom. The molecule has 5 rings (SSSR count). The van der Waals surface area contributed by atoms with E-state index in [4.69, 9.17) is 9.47 Å². The number of ether oxygens (including phenoxy) is 2. The minimum Gasteiger partial charge on any atom is -0.493 e. The van der Waals surface area contributed by atoms with Gasteiger partial charge in [-0.2, -0.15) is 0 Å². The second-order valence-corrected chi connectivity index (χ2v) is 10.0. The lowest BCUT2D eigenvalue weighted by Crippen LogP contribution is -2.52. The van der Waals surface area contributed by atoms with Crippen LogP contribution in [0.1, 0.15) is 32.6 Å². The van der Waals surface area contributed by atoms with Crippen LogP contribution in [-0.4, -0.2) is 84.3 Å². The van der Waals surface area contributed by atoms with Gasteiger partial charge < -0.3 is 19.7 Å². The van der Waals surface area contributed by atoms with E-state index >= 15 is 0 Å². The van der Waals surface area contributed by atoms with Gasteiger partial charge in [-0.25, -0.2) is 9.37 Å². The lowest BCUT2D eigenvalue weighted by Gasteiger charge is -2.41. The fraction of sp³-hybridized carbons (Fsp3) is 0.640. The van der Waals surface area contributed by atoms with E-state index in [2.05, 4.69) is 20.2 Å². The first-order valence-electron chi connectivity index (χ1n) is 12.6. The number of likely N-dealkylation sites (tertiary alicyclic amines) is 2. The number of aromatic nitrogens is 2. The van der Waals surface area contributed by atoms with Gasteiger partial charge in [0.25, 0.3) is 5.56 Å². The van der Waals surface area contributed by atoms with Crippen molar-refractivity contribution in [2.24, 2.45) is 11.8 Å². The molecule has 1 aromatic carbocycles. The first-order valence-corrected chi connectivity index (χ1v) is 12.6. The minimum absolute atomic E-state index is 0.0614. The van der Waals surface area contributed by atoms with Gasteiger partial charge in [-0.05, 0) is 50.6 Å². The zero-order valence-electron chi connectivity index (χ0n) is 20.2. The van der Waals surface area contributed by atoms with Crippen LogP contribution in [0.2, 0.25) is 0 Å². The topological polar surface area (TPSA) is 99.8 Å². The van der Waals surface area contributed by atoms with Gasteiger partial charge in [0.05, 0.1) is 31.4 Å². The number of anilines is 1. The lowest BCUT2D eigenvalue weighted by molar-refractivity contribution is -0.130. The molecule has 0 unspecified atom stereocenters. The van der Waals surface area contributed by atoms with Crippen molar-refractivity contribution < 1.29 is 18.7 Å². The second-order valence-electron chi connectivity index (χ2n) is 10.0. The Kier molecular flexibility index (Phi) is 7.19. The van der Waals surface area contributed by atoms with Gasteiger partial charge >= 0.3 is 0 Å². The highest BCUT2D eigenvalue weighted by atomic mass is 19.1. The lowest BCUT2D eigenvalue weighted by atomic mass is 9.95. The Labute approximate surface area is 204 Å². The van der Waals surface area contributed by atoms with Crippen molar-refractivity contribution in [1.29, 1.82) is 0 Å². The maximum Gasteiger partial charge on any atom is 0.263 e. The molecule has 2 aromatic rings. The maximum atomic E-state index is 14.7. The summed E-state index contributed by atoms with van der Waals surface area (Å²) in [5, 5.41) is 3.19. The molecule has 190 valence electrons. The molecular formula is C25H34FN5O4. The third-order valence-corrected chi connectivity index (χ3v) is 7.62. The zero-order valence-corrected chi connectivity index (χ0v) is 20.2. The summed E-state index contributed by atoms with van der Waals surface area (Å²) in [7, 11) is 0. The van der Waals surface area contributed by atoms with Crippen LogP contribution in [0.15, 0.2) is 16.9 Å². The van der Waals surface area contributed by atoms with E-state index < -0.39 is 11.4 Å². The largest absolute Gasteiger partial charge is 0.493 e. The van der Waals surface area contributed by atoms with Gasteiger partial charge in [0.2, 0.25) is 11.9 Å². The summed E-state index contributed by atoms with van der Waals surface area (Å²) in [6.07, 6.45) is 3.88. The fourth-order valence-electron chi connectivity index (χ4n) is 5.19. The van der Waals surface area contributed by atoms with E-state index in [1.54, 1.807) is 13.0 Å². The average Bonchev–Trinajstić information content (AvgIpc) is 2.81. The van der Waals surface area contributed by atoms with Gasteiger partial charge in [0.1, 0.15) is 17.0 Å². The van der Waals surface area contributed by atoms with Crippen LogP contribution in [0.3, 0.4) is 0 Å². The molecule has 0 saturated carbocycles. The Morgan fingerprint density at radius 1 is 1.17 bits per heavy atom. The maximum absolute atomic E-state index is 14.7. The van der Waals surface area contributed by atoms with Crippen molar-refractivity contribution >= 4 is 22.8 Å². The number of H-pyrrole nitrogens is 1. The van der Waals surface area contributed by atoms with Crippen LogP contribution >= 0.6 is 0 Å². The van der Waals surface area contributed by atoms with E-state index in [1.165, 1.54) is 6.07 Å². The number of nitrogens with one attached hydrogen (secondary N) is 2. The van der Waals surface area contributed by atoms with Crippen molar-refractivity contribution in [3.8, 4) is 5.75 Å². The molecule has 4 heterocycles. The number of halogens is 1. The summed E-state index contributed by atoms with van der Waals surface area (Å²) in [6, 6.07) is 3.45. The molecule has 3 aliphatic rings. The van der Waals surface area contributed by atoms with Gasteiger partial charge in [0.15, 0.2) is 0 Å². The summed E-state index contributed by atoms with van der Waals surface area (Å²) in [6.45, 7) is 7.96. The Bertz CT molecular complexity index is 1100. The molecule has 1 amide bonds. The molecule has 0 bridgehead atoms. The molecule has 2 N–H and O–H groups in total. The number of rotatable bonds is 7. The molecule has 0 spiro atoms. The van der Waals surface area contributed by atoms with Crippen LogP contribution in [0.25, 0.3) is 10.9 Å². The van der Waals surface area contributed by atoms with Gasteiger partial charge in [-0.1, -0.05) is 0 Å². The fourth-order valence-corrected chi connectivity index (χ4v) is 5.19. The number of fused-ring (bicyclic) bond motifs is 1. The van der Waals surface area contributed by atoms with E-state index in [1.807, 2.05) is 4.90 Å². The van der Waals surface area contributed by atoms with Gasteiger partial charge in [-0.15, -0.1) is 0 Å². The monoisotopic (exact) mass is 487 g/mol. The second kappa shape index (κ2) is 10.5. The number of carbonyl (C=O) groups excluding carboxylic acids is 1. The normalized spacial score (nSPS) is 20.7. The van der Waals surface area contributed by atoms with E-state index in [0.29, 0.717) is 42.7 Å². The first kappa shape index (κ1) is 24.0. The van der Waals surface area contributed by atoms with Crippen molar-refractivity contribution in [3.63, 3.8) is 0 Å². The Hall–Kier alpha value is -2.72. The van der Waals surface area contributed by atoms with Crippen molar-refractivity contribution in [1.82, 2.24) is 19.8 Å². The predicted molar refractivity (Wildman–Crippen MR) is 130 cm³/mol. The van der Waals surface area contributed by atoms with E-state index in [0.717, 1.165) is 65.1 Å². The number of hydrogen-bond acceptors (Lipinski definition) is 7. The summed E-state index contributed by atoms with van der Waals surface area (Å²) >= 11 is 0. The molecule has 1 aromatic heterocycles. The number of aromatic amines is 1. The average molecular weight is 488 g/mol. The summed E-state index contributed by atoms with van der Waals surface area (Å²) in [5.41, 5.74) is -0.226. The Balaban J connectivity index is 1.19. The highest BCUT2D eigenvalue weighted by Gasteiger charge is 2.29. The molecule has 0 atom stereocenters. The number of nitrogens with zero attached hydrogens (tertiary/aromatic N) is 3. The van der Waals surface area contributed by atoms with Gasteiger partial charge in [0, 0.05) is 38.7 Å². The van der Waals surface area contributed by atoms with E-state index in [-0.39, 0.29) is 16.8 Å².